The normalized spacial score (nSPS) is 21.0. The van der Waals surface area contributed by atoms with Crippen LogP contribution in [0.5, 0.6) is 0 Å². The van der Waals surface area contributed by atoms with Gasteiger partial charge in [-0.3, -0.25) is 0 Å². The summed E-state index contributed by atoms with van der Waals surface area (Å²) in [6.45, 7) is 3.05. The number of furan rings is 1. The lowest BCUT2D eigenvalue weighted by molar-refractivity contribution is 0.660. The predicted octanol–water partition coefficient (Wildman–Crippen LogP) is 13.2. The zero-order valence-corrected chi connectivity index (χ0v) is 24.9. The summed E-state index contributed by atoms with van der Waals surface area (Å²) in [5, 5.41) is -3.71. The minimum Gasteiger partial charge on any atom is -0.456 e. The predicted molar refractivity (Wildman–Crippen MR) is 203 cm³/mol. The minimum atomic E-state index is -1.46. The summed E-state index contributed by atoms with van der Waals surface area (Å²) in [6, 6.07) is -22.0. The van der Waals surface area contributed by atoms with Crippen LogP contribution in [0.25, 0.3) is 88.0 Å². The first-order chi connectivity index (χ1) is 34.4. The molecule has 226 valence electrons. The van der Waals surface area contributed by atoms with Crippen LogP contribution in [0.2, 0.25) is 0 Å². The van der Waals surface area contributed by atoms with Crippen LogP contribution in [0.4, 0.5) is 0 Å². The van der Waals surface area contributed by atoms with Gasteiger partial charge < -0.3 is 4.42 Å². The maximum Gasteiger partial charge on any atom is 0.136 e. The van der Waals surface area contributed by atoms with Crippen molar-refractivity contribution in [2.75, 3.05) is 0 Å². The van der Waals surface area contributed by atoms with Crippen molar-refractivity contribution >= 4 is 43.5 Å². The minimum absolute atomic E-state index is 0.0294. The summed E-state index contributed by atoms with van der Waals surface area (Å²) in [7, 11) is 0. The van der Waals surface area contributed by atoms with E-state index >= 15 is 0 Å². The van der Waals surface area contributed by atoms with Crippen LogP contribution < -0.4 is 0 Å². The molecule has 9 aromatic rings. The Hall–Kier alpha value is -5.92. The van der Waals surface area contributed by atoms with Gasteiger partial charge in [-0.2, -0.15) is 0 Å². The molecule has 0 N–H and O–H groups in total. The molecule has 8 aromatic carbocycles. The topological polar surface area (TPSA) is 13.1 Å². The molecule has 1 heterocycles. The van der Waals surface area contributed by atoms with E-state index in [4.69, 9.17) is 26.3 Å². The Morgan fingerprint density at radius 2 is 0.896 bits per heavy atom. The first kappa shape index (κ1) is 12.0. The smallest absolute Gasteiger partial charge is 0.136 e. The van der Waals surface area contributed by atoms with Crippen LogP contribution in [0.15, 0.2) is 162 Å². The first-order valence-electron chi connectivity index (χ1n) is 27.7. The maximum atomic E-state index is 9.74. The lowest BCUT2D eigenvalue weighted by Crippen LogP contribution is -2.14. The van der Waals surface area contributed by atoms with Gasteiger partial charge in [0, 0.05) is 16.2 Å². The molecule has 0 saturated carbocycles. The summed E-state index contributed by atoms with van der Waals surface area (Å²) < 4.78 is 242. The monoisotopic (exact) mass is 638 g/mol. The first-order valence-corrected chi connectivity index (χ1v) is 14.7. The van der Waals surface area contributed by atoms with Crippen molar-refractivity contribution < 1.29 is 40.1 Å². The van der Waals surface area contributed by atoms with Crippen molar-refractivity contribution in [1.29, 1.82) is 0 Å². The fraction of sp³-hybridized carbons (Fsp3) is 0.0638. The van der Waals surface area contributed by atoms with E-state index in [0.717, 1.165) is 0 Å². The number of rotatable bonds is 3. The van der Waals surface area contributed by atoms with Crippen molar-refractivity contribution in [3.05, 3.63) is 168 Å². The van der Waals surface area contributed by atoms with Gasteiger partial charge in [0.05, 0.1) is 35.6 Å². The lowest BCUT2D eigenvalue weighted by Gasteiger charge is -2.21. The third-order valence-electron chi connectivity index (χ3n) is 8.76. The van der Waals surface area contributed by atoms with Crippen molar-refractivity contribution in [3.63, 3.8) is 0 Å². The van der Waals surface area contributed by atoms with Crippen LogP contribution in [0, 0.1) is 0 Å². The molecule has 0 amide bonds. The number of benzene rings is 8. The molecule has 0 radical (unpaired) electrons. The van der Waals surface area contributed by atoms with Crippen molar-refractivity contribution in [2.45, 2.75) is 19.3 Å². The van der Waals surface area contributed by atoms with Crippen LogP contribution in [0.1, 0.15) is 60.6 Å². The van der Waals surface area contributed by atoms with Gasteiger partial charge >= 0.3 is 0 Å². The number of hydrogen-bond donors (Lipinski definition) is 0. The Bertz CT molecular complexity index is 4120. The van der Waals surface area contributed by atoms with E-state index in [1.54, 1.807) is 0 Å². The SMILES string of the molecule is [2H]c1c([2H])c([2H])c2c(c1[2H])-c1c(-c3c([2H])c([2H])c(-c4c5c([2H])c([2H])c([2H])c([2H])c5c(-c5c([2H])c([2H])c([2H])c6oc7c([2H])c([2H])c([2H])c([2H])c7c56)c5c([2H])c([2H])c([2H])c([2H])c45)c([2H])c3[2H])c([2H])c([2H])c([2H])c1C2(C)C. The second-order valence-corrected chi connectivity index (χ2v) is 11.6. The Morgan fingerprint density at radius 3 is 1.62 bits per heavy atom. The Kier molecular flexibility index (Phi) is 2.50. The van der Waals surface area contributed by atoms with Crippen LogP contribution in [-0.2, 0) is 5.41 Å². The molecule has 48 heavy (non-hydrogen) atoms. The van der Waals surface area contributed by atoms with Gasteiger partial charge in [-0.1, -0.05) is 159 Å². The van der Waals surface area contributed by atoms with E-state index in [0.29, 0.717) is 0 Å². The Morgan fingerprint density at radius 1 is 0.396 bits per heavy atom. The quantitative estimate of drug-likeness (QED) is 0.176. The summed E-state index contributed by atoms with van der Waals surface area (Å²) in [5.41, 5.74) is -7.18. The van der Waals surface area contributed by atoms with Crippen molar-refractivity contribution in [3.8, 4) is 44.5 Å². The van der Waals surface area contributed by atoms with Crippen LogP contribution in [-0.4, -0.2) is 0 Å². The number of hydrogen-bond acceptors (Lipinski definition) is 1. The third-order valence-corrected chi connectivity index (χ3v) is 8.76. The molecule has 1 aliphatic carbocycles. The van der Waals surface area contributed by atoms with Crippen LogP contribution >= 0.6 is 0 Å². The summed E-state index contributed by atoms with van der Waals surface area (Å²) in [4.78, 5) is 0. The molecule has 10 rings (SSSR count). The maximum absolute atomic E-state index is 9.74. The average molecular weight is 639 g/mol. The fourth-order valence-corrected chi connectivity index (χ4v) is 6.64. The second kappa shape index (κ2) is 10.0. The molecule has 1 heteroatoms. The average Bonchev–Trinajstić information content (AvgIpc) is 3.87. The van der Waals surface area contributed by atoms with E-state index in [1.165, 1.54) is 13.8 Å². The standard InChI is InChI=1S/C47H32O/c1-47(2)39-21-9-7-17-36(39)45-31(19-11-22-40(45)47)29-25-27-30(28-26-29)43-32-13-3-5-15-34(32)44(35-16-6-4-14-33(35)43)38-20-12-24-42-46(38)37-18-8-10-23-41(37)48-42/h3-28H,1-2H3/i3D,4D,5D,6D,7D,8D,9D,10D,11D,12D,13D,14D,15D,16D,17D,18D,19D,20D,21D,22D,23D,24D,25D,26D,27D,28D. The number of para-hydroxylation sites is 1. The molecule has 0 spiro atoms. The van der Waals surface area contributed by atoms with Crippen molar-refractivity contribution in [1.82, 2.24) is 0 Å². The van der Waals surface area contributed by atoms with E-state index in [-0.39, 0.29) is 22.3 Å². The van der Waals surface area contributed by atoms with Gasteiger partial charge in [-0.15, -0.1) is 0 Å². The molecule has 0 fully saturated rings. The third kappa shape index (κ3) is 3.73. The summed E-state index contributed by atoms with van der Waals surface area (Å²) in [6.07, 6.45) is 0. The van der Waals surface area contributed by atoms with E-state index in [9.17, 15) is 13.7 Å². The largest absolute Gasteiger partial charge is 0.456 e. The highest BCUT2D eigenvalue weighted by molar-refractivity contribution is 6.25. The number of fused-ring (bicyclic) bond motifs is 8. The molecule has 1 nitrogen and oxygen atoms in total. The fourth-order valence-electron chi connectivity index (χ4n) is 6.64. The van der Waals surface area contributed by atoms with E-state index in [1.807, 2.05) is 0 Å². The van der Waals surface area contributed by atoms with Gasteiger partial charge in [-0.25, -0.2) is 0 Å². The van der Waals surface area contributed by atoms with Crippen molar-refractivity contribution in [2.24, 2.45) is 0 Å². The summed E-state index contributed by atoms with van der Waals surface area (Å²) in [5.74, 6) is 0. The molecular formula is C47H32O. The molecule has 1 aliphatic rings. The van der Waals surface area contributed by atoms with Crippen LogP contribution in [0.3, 0.4) is 0 Å². The Balaban J connectivity index is 1.46. The molecule has 0 aliphatic heterocycles. The lowest BCUT2D eigenvalue weighted by atomic mass is 9.82. The highest BCUT2D eigenvalue weighted by Crippen LogP contribution is 2.52. The summed E-state index contributed by atoms with van der Waals surface area (Å²) >= 11 is 0. The van der Waals surface area contributed by atoms with E-state index < -0.39 is 239 Å². The Labute approximate surface area is 316 Å². The zero-order valence-electron chi connectivity index (χ0n) is 50.9. The van der Waals surface area contributed by atoms with Gasteiger partial charge in [0.25, 0.3) is 0 Å². The molecule has 0 saturated heterocycles. The van der Waals surface area contributed by atoms with Gasteiger partial charge in [-0.05, 0) is 89.3 Å². The highest BCUT2D eigenvalue weighted by atomic mass is 16.3. The molecule has 1 aromatic heterocycles. The molecule has 0 unspecified atom stereocenters. The van der Waals surface area contributed by atoms with Gasteiger partial charge in [0.1, 0.15) is 11.2 Å². The van der Waals surface area contributed by atoms with Gasteiger partial charge in [0.2, 0.25) is 0 Å². The molecule has 0 bridgehead atoms. The van der Waals surface area contributed by atoms with E-state index in [2.05, 4.69) is 0 Å². The van der Waals surface area contributed by atoms with Gasteiger partial charge in [0.15, 0.2) is 0 Å². The second-order valence-electron chi connectivity index (χ2n) is 11.6. The highest BCUT2D eigenvalue weighted by Gasteiger charge is 2.36. The zero-order chi connectivity index (χ0) is 54.6. The molecule has 0 atom stereocenters. The molecular weight excluding hydrogens is 581 g/mol.